The number of aliphatic hydroxyl groups excluding tert-OH is 1. The van der Waals surface area contributed by atoms with E-state index in [0.717, 1.165) is 6.42 Å². The molecule has 0 bridgehead atoms. The highest BCUT2D eigenvalue weighted by Gasteiger charge is 2.11. The smallest absolute Gasteiger partial charge is 0.258 e. The monoisotopic (exact) mass is 305 g/mol. The van der Waals surface area contributed by atoms with Crippen molar-refractivity contribution in [2.45, 2.75) is 25.8 Å². The molecule has 19 heavy (non-hydrogen) atoms. The molecule has 0 fully saturated rings. The minimum absolute atomic E-state index is 0.0400. The topological polar surface area (TPSA) is 58.6 Å². The maximum absolute atomic E-state index is 11.7. The van der Waals surface area contributed by atoms with Crippen LogP contribution < -0.4 is 10.1 Å². The number of halogens is 2. The maximum Gasteiger partial charge on any atom is 0.258 e. The second kappa shape index (κ2) is 8.25. The number of benzene rings is 1. The van der Waals surface area contributed by atoms with Gasteiger partial charge in [-0.3, -0.25) is 4.79 Å². The van der Waals surface area contributed by atoms with Crippen LogP contribution in [-0.4, -0.2) is 30.3 Å². The molecule has 0 aliphatic heterocycles. The predicted octanol–water partition coefficient (Wildman–Crippen LogP) is 2.65. The van der Waals surface area contributed by atoms with Crippen molar-refractivity contribution in [1.82, 2.24) is 5.32 Å². The molecule has 2 N–H and O–H groups in total. The third-order valence-electron chi connectivity index (χ3n) is 2.59. The summed E-state index contributed by atoms with van der Waals surface area (Å²) < 4.78 is 5.31. The van der Waals surface area contributed by atoms with Gasteiger partial charge in [0.1, 0.15) is 5.75 Å². The maximum atomic E-state index is 11.7. The van der Waals surface area contributed by atoms with Gasteiger partial charge in [-0.25, -0.2) is 0 Å². The Bertz CT molecular complexity index is 426. The summed E-state index contributed by atoms with van der Waals surface area (Å²) in [5, 5.41) is 12.5. The lowest BCUT2D eigenvalue weighted by Crippen LogP contribution is -2.38. The van der Waals surface area contributed by atoms with Crippen LogP contribution in [0.2, 0.25) is 10.0 Å². The lowest BCUT2D eigenvalue weighted by atomic mass is 10.1. The van der Waals surface area contributed by atoms with E-state index in [9.17, 15) is 4.79 Å². The Morgan fingerprint density at radius 2 is 2.21 bits per heavy atom. The van der Waals surface area contributed by atoms with Crippen LogP contribution >= 0.6 is 23.2 Å². The number of rotatable bonds is 7. The Morgan fingerprint density at radius 3 is 2.79 bits per heavy atom. The first-order valence-corrected chi connectivity index (χ1v) is 6.80. The molecule has 1 unspecified atom stereocenters. The summed E-state index contributed by atoms with van der Waals surface area (Å²) in [5.74, 6) is 0.169. The molecule has 1 atom stereocenters. The number of hydrogen-bond donors (Lipinski definition) is 2. The summed E-state index contributed by atoms with van der Waals surface area (Å²) in [5.41, 5.74) is 0. The van der Waals surface area contributed by atoms with Crippen LogP contribution in [-0.2, 0) is 4.79 Å². The van der Waals surface area contributed by atoms with Gasteiger partial charge in [-0.2, -0.15) is 0 Å². The average molecular weight is 306 g/mol. The van der Waals surface area contributed by atoms with Gasteiger partial charge in [-0.15, -0.1) is 0 Å². The highest BCUT2D eigenvalue weighted by molar-refractivity contribution is 6.35. The van der Waals surface area contributed by atoms with Gasteiger partial charge >= 0.3 is 0 Å². The molecule has 6 heteroatoms. The zero-order valence-electron chi connectivity index (χ0n) is 10.7. The number of amides is 1. The number of hydrogen-bond acceptors (Lipinski definition) is 3. The number of carbonyl (C=O) groups is 1. The third-order valence-corrected chi connectivity index (χ3v) is 3.12. The van der Waals surface area contributed by atoms with E-state index in [0.29, 0.717) is 22.2 Å². The molecule has 1 amide bonds. The van der Waals surface area contributed by atoms with E-state index in [4.69, 9.17) is 33.0 Å². The van der Waals surface area contributed by atoms with E-state index < -0.39 is 0 Å². The molecular formula is C13H17Cl2NO3. The van der Waals surface area contributed by atoms with E-state index in [1.807, 2.05) is 6.92 Å². The van der Waals surface area contributed by atoms with Crippen molar-refractivity contribution in [3.05, 3.63) is 28.2 Å². The second-order valence-corrected chi connectivity index (χ2v) is 4.89. The van der Waals surface area contributed by atoms with E-state index in [1.165, 1.54) is 0 Å². The van der Waals surface area contributed by atoms with Crippen molar-refractivity contribution in [3.63, 3.8) is 0 Å². The fourth-order valence-electron chi connectivity index (χ4n) is 1.54. The summed E-state index contributed by atoms with van der Waals surface area (Å²) in [6.07, 6.45) is 1.29. The van der Waals surface area contributed by atoms with E-state index in [1.54, 1.807) is 18.2 Å². The minimum atomic E-state index is -0.244. The Kier molecular flexibility index (Phi) is 6.99. The van der Waals surface area contributed by atoms with Crippen molar-refractivity contribution in [2.75, 3.05) is 13.2 Å². The highest BCUT2D eigenvalue weighted by Crippen LogP contribution is 2.27. The van der Waals surface area contributed by atoms with Crippen LogP contribution in [0, 0.1) is 0 Å². The Balaban J connectivity index is 2.45. The van der Waals surface area contributed by atoms with Gasteiger partial charge in [0.25, 0.3) is 5.91 Å². The van der Waals surface area contributed by atoms with Gasteiger partial charge in [0.15, 0.2) is 6.61 Å². The van der Waals surface area contributed by atoms with Gasteiger partial charge in [-0.05, 0) is 31.0 Å². The molecule has 0 aliphatic carbocycles. The number of carbonyl (C=O) groups excluding carboxylic acids is 1. The molecule has 4 nitrogen and oxygen atoms in total. The summed E-state index contributed by atoms with van der Waals surface area (Å²) in [4.78, 5) is 11.7. The fraction of sp³-hybridized carbons (Fsp3) is 0.462. The summed E-state index contributed by atoms with van der Waals surface area (Å²) in [6.45, 7) is 1.86. The van der Waals surface area contributed by atoms with E-state index in [2.05, 4.69) is 5.32 Å². The quantitative estimate of drug-likeness (QED) is 0.814. The van der Waals surface area contributed by atoms with Crippen molar-refractivity contribution in [3.8, 4) is 5.75 Å². The standard InChI is InChI=1S/C13H17Cl2NO3/c1-2-10(5-6-17)16-13(18)8-19-12-4-3-9(14)7-11(12)15/h3-4,7,10,17H,2,5-6,8H2,1H3,(H,16,18). The lowest BCUT2D eigenvalue weighted by Gasteiger charge is -2.16. The second-order valence-electron chi connectivity index (χ2n) is 4.05. The molecule has 0 saturated carbocycles. The van der Waals surface area contributed by atoms with Gasteiger partial charge in [0.2, 0.25) is 0 Å². The van der Waals surface area contributed by atoms with E-state index in [-0.39, 0.29) is 25.2 Å². The predicted molar refractivity (Wildman–Crippen MR) is 75.9 cm³/mol. The Morgan fingerprint density at radius 1 is 1.47 bits per heavy atom. The first-order chi connectivity index (χ1) is 9.06. The molecule has 0 aromatic heterocycles. The zero-order valence-corrected chi connectivity index (χ0v) is 12.2. The highest BCUT2D eigenvalue weighted by atomic mass is 35.5. The Hall–Kier alpha value is -0.970. The summed E-state index contributed by atoms with van der Waals surface area (Å²) >= 11 is 11.7. The molecule has 106 valence electrons. The molecule has 0 heterocycles. The molecule has 1 aromatic carbocycles. The zero-order chi connectivity index (χ0) is 14.3. The first-order valence-electron chi connectivity index (χ1n) is 6.04. The minimum Gasteiger partial charge on any atom is -0.482 e. The van der Waals surface area contributed by atoms with Crippen molar-refractivity contribution < 1.29 is 14.6 Å². The van der Waals surface area contributed by atoms with Crippen LogP contribution in [0.1, 0.15) is 19.8 Å². The number of ether oxygens (including phenoxy) is 1. The molecule has 0 saturated heterocycles. The van der Waals surface area contributed by atoms with Gasteiger partial charge < -0.3 is 15.2 Å². The average Bonchev–Trinajstić information content (AvgIpc) is 2.37. The largest absolute Gasteiger partial charge is 0.482 e. The number of aliphatic hydroxyl groups is 1. The van der Waals surface area contributed by atoms with Crippen LogP contribution in [0.4, 0.5) is 0 Å². The third kappa shape index (κ3) is 5.68. The van der Waals surface area contributed by atoms with Crippen molar-refractivity contribution in [1.29, 1.82) is 0 Å². The SMILES string of the molecule is CCC(CCO)NC(=O)COc1ccc(Cl)cc1Cl. The van der Waals surface area contributed by atoms with Crippen molar-refractivity contribution in [2.24, 2.45) is 0 Å². The van der Waals surface area contributed by atoms with Gasteiger partial charge in [0.05, 0.1) is 5.02 Å². The molecule has 0 radical (unpaired) electrons. The summed E-state index contributed by atoms with van der Waals surface area (Å²) in [6, 6.07) is 4.77. The molecule has 0 spiro atoms. The van der Waals surface area contributed by atoms with Crippen LogP contribution in [0.3, 0.4) is 0 Å². The molecule has 1 aromatic rings. The van der Waals surface area contributed by atoms with Gasteiger partial charge in [-0.1, -0.05) is 30.1 Å². The van der Waals surface area contributed by atoms with E-state index >= 15 is 0 Å². The number of nitrogens with one attached hydrogen (secondary N) is 1. The molecule has 0 aliphatic rings. The molecule has 1 rings (SSSR count). The Labute approximate surface area is 122 Å². The normalized spacial score (nSPS) is 12.0. The van der Waals surface area contributed by atoms with Crippen molar-refractivity contribution >= 4 is 29.1 Å². The van der Waals surface area contributed by atoms with Crippen LogP contribution in [0.25, 0.3) is 0 Å². The van der Waals surface area contributed by atoms with Crippen LogP contribution in [0.5, 0.6) is 5.75 Å². The summed E-state index contributed by atoms with van der Waals surface area (Å²) in [7, 11) is 0. The van der Waals surface area contributed by atoms with Gasteiger partial charge in [0, 0.05) is 17.7 Å². The van der Waals surface area contributed by atoms with Crippen LogP contribution in [0.15, 0.2) is 18.2 Å². The molecular weight excluding hydrogens is 289 g/mol. The lowest BCUT2D eigenvalue weighted by molar-refractivity contribution is -0.123. The fourth-order valence-corrected chi connectivity index (χ4v) is 2.00. The first kappa shape index (κ1) is 16.1.